The first-order valence-corrected chi connectivity index (χ1v) is 8.66. The Hall–Kier alpha value is -3.26. The highest BCUT2D eigenvalue weighted by molar-refractivity contribution is 6.33. The standard InChI is InChI=1S/C24H15BO/c25-19-11-12-20-22-14-18(16-7-3-1-4-8-16)13-21(17-9-5-2-6-10-17)24(22)26-23(20)15-19/h1-15H. The second kappa shape index (κ2) is 5.92. The van der Waals surface area contributed by atoms with E-state index in [2.05, 4.69) is 60.7 Å². The summed E-state index contributed by atoms with van der Waals surface area (Å²) in [7, 11) is 5.96. The molecule has 1 nitrogen and oxygen atoms in total. The van der Waals surface area contributed by atoms with Crippen LogP contribution in [-0.4, -0.2) is 7.85 Å². The zero-order chi connectivity index (χ0) is 17.5. The lowest BCUT2D eigenvalue weighted by Crippen LogP contribution is -1.98. The SMILES string of the molecule is [B]c1ccc2c(c1)oc1c(-c3ccccc3)cc(-c3ccccc3)cc12. The molecule has 0 bridgehead atoms. The van der Waals surface area contributed by atoms with Crippen molar-refractivity contribution in [3.8, 4) is 22.3 Å². The van der Waals surface area contributed by atoms with Gasteiger partial charge in [0.1, 0.15) is 19.0 Å². The van der Waals surface area contributed by atoms with Crippen LogP contribution in [-0.2, 0) is 0 Å². The van der Waals surface area contributed by atoms with Gasteiger partial charge in [-0.15, -0.1) is 0 Å². The molecule has 0 unspecified atom stereocenters. The minimum absolute atomic E-state index is 0.709. The van der Waals surface area contributed by atoms with Crippen LogP contribution in [0.4, 0.5) is 0 Å². The lowest BCUT2D eigenvalue weighted by Gasteiger charge is -2.08. The van der Waals surface area contributed by atoms with Gasteiger partial charge in [0.25, 0.3) is 0 Å². The van der Waals surface area contributed by atoms with E-state index < -0.39 is 0 Å². The van der Waals surface area contributed by atoms with Gasteiger partial charge in [0.2, 0.25) is 0 Å². The third-order valence-electron chi connectivity index (χ3n) is 4.79. The molecular weight excluding hydrogens is 315 g/mol. The zero-order valence-corrected chi connectivity index (χ0v) is 14.1. The molecule has 2 heteroatoms. The Morgan fingerprint density at radius 1 is 0.577 bits per heavy atom. The van der Waals surface area contributed by atoms with Crippen molar-refractivity contribution in [3.63, 3.8) is 0 Å². The van der Waals surface area contributed by atoms with Crippen molar-refractivity contribution in [3.05, 3.63) is 91.0 Å². The van der Waals surface area contributed by atoms with E-state index in [0.29, 0.717) is 5.46 Å². The lowest BCUT2D eigenvalue weighted by molar-refractivity contribution is 0.670. The van der Waals surface area contributed by atoms with E-state index in [-0.39, 0.29) is 0 Å². The summed E-state index contributed by atoms with van der Waals surface area (Å²) in [5.74, 6) is 0. The average molecular weight is 330 g/mol. The van der Waals surface area contributed by atoms with Crippen molar-refractivity contribution in [2.24, 2.45) is 0 Å². The Bertz CT molecular complexity index is 1220. The maximum absolute atomic E-state index is 6.23. The molecule has 0 aliphatic heterocycles. The van der Waals surface area contributed by atoms with Crippen LogP contribution in [0.15, 0.2) is 95.4 Å². The number of rotatable bonds is 2. The lowest BCUT2D eigenvalue weighted by atomic mass is 9.93. The molecule has 5 aromatic rings. The van der Waals surface area contributed by atoms with E-state index in [0.717, 1.165) is 33.1 Å². The van der Waals surface area contributed by atoms with Crippen molar-refractivity contribution < 1.29 is 4.42 Å². The maximum atomic E-state index is 6.23. The molecule has 0 aliphatic carbocycles. The number of furan rings is 1. The molecule has 5 rings (SSSR count). The molecule has 2 radical (unpaired) electrons. The average Bonchev–Trinajstić information content (AvgIpc) is 3.06. The fourth-order valence-electron chi connectivity index (χ4n) is 3.52. The fraction of sp³-hybridized carbons (Fsp3) is 0. The summed E-state index contributed by atoms with van der Waals surface area (Å²) in [5, 5.41) is 2.20. The highest BCUT2D eigenvalue weighted by atomic mass is 16.3. The topological polar surface area (TPSA) is 13.1 Å². The van der Waals surface area contributed by atoms with Crippen LogP contribution < -0.4 is 5.46 Å². The van der Waals surface area contributed by atoms with Gasteiger partial charge in [-0.2, -0.15) is 0 Å². The van der Waals surface area contributed by atoms with Crippen LogP contribution in [0.3, 0.4) is 0 Å². The molecule has 4 aromatic carbocycles. The first kappa shape index (κ1) is 15.0. The van der Waals surface area contributed by atoms with Crippen LogP contribution in [0, 0.1) is 0 Å². The van der Waals surface area contributed by atoms with Gasteiger partial charge >= 0.3 is 0 Å². The molecule has 1 heterocycles. The van der Waals surface area contributed by atoms with Crippen LogP contribution in [0.25, 0.3) is 44.2 Å². The molecule has 0 fully saturated rings. The number of hydrogen-bond acceptors (Lipinski definition) is 1. The van der Waals surface area contributed by atoms with Gasteiger partial charge in [-0.25, -0.2) is 0 Å². The highest BCUT2D eigenvalue weighted by Gasteiger charge is 2.14. The summed E-state index contributed by atoms with van der Waals surface area (Å²) in [5.41, 5.74) is 7.03. The Morgan fingerprint density at radius 3 is 2.00 bits per heavy atom. The zero-order valence-electron chi connectivity index (χ0n) is 14.1. The van der Waals surface area contributed by atoms with Crippen LogP contribution >= 0.6 is 0 Å². The van der Waals surface area contributed by atoms with Gasteiger partial charge in [0, 0.05) is 16.3 Å². The summed E-state index contributed by atoms with van der Waals surface area (Å²) in [6.07, 6.45) is 0. The number of hydrogen-bond donors (Lipinski definition) is 0. The van der Waals surface area contributed by atoms with Crippen molar-refractivity contribution in [1.29, 1.82) is 0 Å². The third-order valence-corrected chi connectivity index (χ3v) is 4.79. The van der Waals surface area contributed by atoms with E-state index in [1.807, 2.05) is 30.3 Å². The van der Waals surface area contributed by atoms with Gasteiger partial charge in [0.05, 0.1) is 0 Å². The Morgan fingerprint density at radius 2 is 1.27 bits per heavy atom. The molecule has 0 saturated heterocycles. The summed E-state index contributed by atoms with van der Waals surface area (Å²) in [6.45, 7) is 0. The fourth-order valence-corrected chi connectivity index (χ4v) is 3.52. The second-order valence-corrected chi connectivity index (χ2v) is 6.49. The number of fused-ring (bicyclic) bond motifs is 3. The molecule has 0 N–H and O–H groups in total. The van der Waals surface area contributed by atoms with E-state index >= 15 is 0 Å². The maximum Gasteiger partial charge on any atom is 0.143 e. The number of benzene rings is 4. The van der Waals surface area contributed by atoms with Crippen LogP contribution in [0.5, 0.6) is 0 Å². The molecule has 0 amide bonds. The summed E-state index contributed by atoms with van der Waals surface area (Å²) < 4.78 is 6.23. The normalized spacial score (nSPS) is 11.2. The highest BCUT2D eigenvalue weighted by Crippen LogP contribution is 2.39. The first-order valence-electron chi connectivity index (χ1n) is 8.66. The quantitative estimate of drug-likeness (QED) is 0.378. The third kappa shape index (κ3) is 2.43. The molecule has 26 heavy (non-hydrogen) atoms. The molecule has 1 aromatic heterocycles. The first-order chi connectivity index (χ1) is 12.8. The Kier molecular flexibility index (Phi) is 3.43. The summed E-state index contributed by atoms with van der Waals surface area (Å²) in [4.78, 5) is 0. The minimum atomic E-state index is 0.709. The van der Waals surface area contributed by atoms with Gasteiger partial charge in [-0.3, -0.25) is 0 Å². The predicted octanol–water partition coefficient (Wildman–Crippen LogP) is 5.71. The molecule has 0 spiro atoms. The molecular formula is C24H15BO. The smallest absolute Gasteiger partial charge is 0.143 e. The van der Waals surface area contributed by atoms with Crippen molar-refractivity contribution in [2.45, 2.75) is 0 Å². The largest absolute Gasteiger partial charge is 0.455 e. The predicted molar refractivity (Wildman–Crippen MR) is 110 cm³/mol. The van der Waals surface area contributed by atoms with Gasteiger partial charge < -0.3 is 4.42 Å². The van der Waals surface area contributed by atoms with Gasteiger partial charge in [-0.05, 0) is 34.9 Å². The van der Waals surface area contributed by atoms with E-state index in [9.17, 15) is 0 Å². The molecule has 0 saturated carbocycles. The van der Waals surface area contributed by atoms with Crippen LogP contribution in [0.2, 0.25) is 0 Å². The Balaban J connectivity index is 1.90. The van der Waals surface area contributed by atoms with Crippen molar-refractivity contribution >= 4 is 35.2 Å². The van der Waals surface area contributed by atoms with Crippen molar-refractivity contribution in [2.75, 3.05) is 0 Å². The summed E-state index contributed by atoms with van der Waals surface area (Å²) in [6, 6.07) is 31.1. The van der Waals surface area contributed by atoms with Gasteiger partial charge in [0.15, 0.2) is 0 Å². The van der Waals surface area contributed by atoms with E-state index in [4.69, 9.17) is 12.3 Å². The van der Waals surface area contributed by atoms with Crippen LogP contribution in [0.1, 0.15) is 0 Å². The molecule has 0 aliphatic rings. The summed E-state index contributed by atoms with van der Waals surface area (Å²) >= 11 is 0. The molecule has 120 valence electrons. The second-order valence-electron chi connectivity index (χ2n) is 6.49. The van der Waals surface area contributed by atoms with E-state index in [1.54, 1.807) is 0 Å². The van der Waals surface area contributed by atoms with Gasteiger partial charge in [-0.1, -0.05) is 78.3 Å². The molecule has 0 atom stereocenters. The van der Waals surface area contributed by atoms with Crippen molar-refractivity contribution in [1.82, 2.24) is 0 Å². The minimum Gasteiger partial charge on any atom is -0.455 e. The Labute approximate surface area is 153 Å². The monoisotopic (exact) mass is 330 g/mol. The van der Waals surface area contributed by atoms with E-state index in [1.165, 1.54) is 11.1 Å².